The van der Waals surface area contributed by atoms with Crippen molar-refractivity contribution in [3.05, 3.63) is 35.9 Å². The van der Waals surface area contributed by atoms with Crippen LogP contribution in [0, 0.1) is 0 Å². The van der Waals surface area contributed by atoms with E-state index in [0.717, 1.165) is 31.1 Å². The highest BCUT2D eigenvalue weighted by molar-refractivity contribution is 8.15. The van der Waals surface area contributed by atoms with Gasteiger partial charge >= 0.3 is 0 Å². The molecule has 22 heavy (non-hydrogen) atoms. The van der Waals surface area contributed by atoms with Crippen LogP contribution >= 0.6 is 11.8 Å². The summed E-state index contributed by atoms with van der Waals surface area (Å²) in [7, 11) is 0. The van der Waals surface area contributed by atoms with Crippen molar-refractivity contribution in [3.8, 4) is 0 Å². The van der Waals surface area contributed by atoms with Crippen LogP contribution in [0.1, 0.15) is 18.4 Å². The zero-order valence-corrected chi connectivity index (χ0v) is 13.1. The molecule has 0 aromatic heterocycles. The number of nitrogens with one attached hydrogen (secondary N) is 1. The SMILES string of the molecule is O=C(CC1SC2=NCCCN2C1=O)NCCc1ccccc1. The van der Waals surface area contributed by atoms with Crippen molar-refractivity contribution in [2.24, 2.45) is 4.99 Å². The van der Waals surface area contributed by atoms with Gasteiger partial charge in [-0.3, -0.25) is 19.5 Å². The molecule has 2 aliphatic rings. The molecule has 2 amide bonds. The van der Waals surface area contributed by atoms with E-state index in [-0.39, 0.29) is 23.5 Å². The van der Waals surface area contributed by atoms with Crippen LogP contribution in [0.3, 0.4) is 0 Å². The monoisotopic (exact) mass is 317 g/mol. The number of amidine groups is 1. The van der Waals surface area contributed by atoms with Gasteiger partial charge in [0, 0.05) is 26.1 Å². The molecule has 5 nitrogen and oxygen atoms in total. The van der Waals surface area contributed by atoms with Crippen LogP contribution in [0.5, 0.6) is 0 Å². The van der Waals surface area contributed by atoms with Gasteiger partial charge in [0.05, 0.1) is 0 Å². The van der Waals surface area contributed by atoms with Crippen molar-refractivity contribution in [2.75, 3.05) is 19.6 Å². The summed E-state index contributed by atoms with van der Waals surface area (Å²) < 4.78 is 0. The Kier molecular flexibility index (Phi) is 4.77. The third kappa shape index (κ3) is 3.50. The molecular weight excluding hydrogens is 298 g/mol. The number of fused-ring (bicyclic) bond motifs is 1. The second-order valence-electron chi connectivity index (χ2n) is 5.40. The average molecular weight is 317 g/mol. The Hall–Kier alpha value is -1.82. The smallest absolute Gasteiger partial charge is 0.242 e. The van der Waals surface area contributed by atoms with Crippen LogP contribution in [0.2, 0.25) is 0 Å². The molecule has 0 bridgehead atoms. The Bertz CT molecular complexity index is 588. The highest BCUT2D eigenvalue weighted by Gasteiger charge is 2.39. The molecule has 1 N–H and O–H groups in total. The first kappa shape index (κ1) is 15.1. The first-order valence-electron chi connectivity index (χ1n) is 7.57. The van der Waals surface area contributed by atoms with Crippen LogP contribution in [-0.2, 0) is 16.0 Å². The van der Waals surface area contributed by atoms with Crippen molar-refractivity contribution in [1.82, 2.24) is 10.2 Å². The Labute approximate surface area is 134 Å². The number of carbonyl (C=O) groups excluding carboxylic acids is 2. The molecule has 1 fully saturated rings. The van der Waals surface area contributed by atoms with E-state index < -0.39 is 0 Å². The van der Waals surface area contributed by atoms with Crippen molar-refractivity contribution >= 4 is 28.7 Å². The summed E-state index contributed by atoms with van der Waals surface area (Å²) in [5.74, 6) is -0.0381. The van der Waals surface area contributed by atoms with Gasteiger partial charge in [-0.15, -0.1) is 0 Å². The summed E-state index contributed by atoms with van der Waals surface area (Å²) >= 11 is 1.43. The lowest BCUT2D eigenvalue weighted by Crippen LogP contribution is -2.37. The third-order valence-electron chi connectivity index (χ3n) is 3.76. The van der Waals surface area contributed by atoms with Crippen molar-refractivity contribution in [2.45, 2.75) is 24.5 Å². The molecule has 116 valence electrons. The van der Waals surface area contributed by atoms with Gasteiger partial charge in [-0.05, 0) is 18.4 Å². The first-order valence-corrected chi connectivity index (χ1v) is 8.45. The predicted octanol–water partition coefficient (Wildman–Crippen LogP) is 1.44. The van der Waals surface area contributed by atoms with E-state index in [1.165, 1.54) is 17.3 Å². The maximum absolute atomic E-state index is 12.2. The zero-order chi connectivity index (χ0) is 15.4. The Morgan fingerprint density at radius 3 is 2.95 bits per heavy atom. The fourth-order valence-corrected chi connectivity index (χ4v) is 3.79. The van der Waals surface area contributed by atoms with E-state index in [0.29, 0.717) is 6.54 Å². The molecule has 0 radical (unpaired) electrons. The molecule has 2 heterocycles. The van der Waals surface area contributed by atoms with E-state index in [2.05, 4.69) is 10.3 Å². The number of hydrogen-bond acceptors (Lipinski definition) is 4. The molecule has 1 saturated heterocycles. The van der Waals surface area contributed by atoms with Gasteiger partial charge in [0.15, 0.2) is 5.17 Å². The van der Waals surface area contributed by atoms with Gasteiger partial charge in [0.2, 0.25) is 11.8 Å². The second kappa shape index (κ2) is 6.96. The largest absolute Gasteiger partial charge is 0.356 e. The summed E-state index contributed by atoms with van der Waals surface area (Å²) in [6.07, 6.45) is 1.94. The number of carbonyl (C=O) groups is 2. The van der Waals surface area contributed by atoms with Crippen molar-refractivity contribution in [1.29, 1.82) is 0 Å². The number of amides is 2. The summed E-state index contributed by atoms with van der Waals surface area (Å²) in [4.78, 5) is 30.3. The van der Waals surface area contributed by atoms with E-state index in [1.807, 2.05) is 30.3 Å². The minimum Gasteiger partial charge on any atom is -0.356 e. The van der Waals surface area contributed by atoms with Crippen LogP contribution in [0.25, 0.3) is 0 Å². The normalized spacial score (nSPS) is 20.5. The molecule has 0 saturated carbocycles. The Balaban J connectivity index is 1.45. The number of nitrogens with zero attached hydrogens (tertiary/aromatic N) is 2. The summed E-state index contributed by atoms with van der Waals surface area (Å²) in [5.41, 5.74) is 1.20. The minimum absolute atomic E-state index is 0.0293. The van der Waals surface area contributed by atoms with Crippen LogP contribution < -0.4 is 5.32 Å². The van der Waals surface area contributed by atoms with E-state index >= 15 is 0 Å². The minimum atomic E-state index is -0.312. The molecular formula is C16H19N3O2S. The van der Waals surface area contributed by atoms with E-state index in [1.54, 1.807) is 4.90 Å². The molecule has 1 atom stereocenters. The van der Waals surface area contributed by atoms with E-state index in [9.17, 15) is 9.59 Å². The maximum atomic E-state index is 12.2. The number of thioether (sulfide) groups is 1. The average Bonchev–Trinajstić information content (AvgIpc) is 2.85. The lowest BCUT2D eigenvalue weighted by Gasteiger charge is -2.19. The summed E-state index contributed by atoms with van der Waals surface area (Å²) in [6, 6.07) is 10.0. The van der Waals surface area contributed by atoms with Gasteiger partial charge < -0.3 is 5.32 Å². The van der Waals surface area contributed by atoms with Gasteiger partial charge in [-0.25, -0.2) is 0 Å². The molecule has 2 aliphatic heterocycles. The lowest BCUT2D eigenvalue weighted by atomic mass is 10.1. The first-order chi connectivity index (χ1) is 10.7. The predicted molar refractivity (Wildman–Crippen MR) is 87.8 cm³/mol. The Morgan fingerprint density at radius 1 is 1.36 bits per heavy atom. The van der Waals surface area contributed by atoms with Crippen LogP contribution in [-0.4, -0.2) is 46.8 Å². The highest BCUT2D eigenvalue weighted by atomic mass is 32.2. The molecule has 3 rings (SSSR count). The van der Waals surface area contributed by atoms with Gasteiger partial charge in [-0.2, -0.15) is 0 Å². The number of aliphatic imine (C=N–C) groups is 1. The summed E-state index contributed by atoms with van der Waals surface area (Å²) in [5, 5.41) is 3.38. The summed E-state index contributed by atoms with van der Waals surface area (Å²) in [6.45, 7) is 2.11. The molecule has 0 aliphatic carbocycles. The van der Waals surface area contributed by atoms with Crippen molar-refractivity contribution in [3.63, 3.8) is 0 Å². The van der Waals surface area contributed by atoms with Gasteiger partial charge in [0.1, 0.15) is 5.25 Å². The van der Waals surface area contributed by atoms with Gasteiger partial charge in [-0.1, -0.05) is 42.1 Å². The molecule has 1 aromatic carbocycles. The number of rotatable bonds is 5. The molecule has 6 heteroatoms. The maximum Gasteiger partial charge on any atom is 0.242 e. The molecule has 0 spiro atoms. The van der Waals surface area contributed by atoms with Crippen LogP contribution in [0.4, 0.5) is 0 Å². The highest BCUT2D eigenvalue weighted by Crippen LogP contribution is 2.31. The Morgan fingerprint density at radius 2 is 2.18 bits per heavy atom. The third-order valence-corrected chi connectivity index (χ3v) is 4.97. The number of benzene rings is 1. The molecule has 1 aromatic rings. The fraction of sp³-hybridized carbons (Fsp3) is 0.438. The van der Waals surface area contributed by atoms with E-state index in [4.69, 9.17) is 0 Å². The lowest BCUT2D eigenvalue weighted by molar-refractivity contribution is -0.129. The number of hydrogen-bond donors (Lipinski definition) is 1. The topological polar surface area (TPSA) is 61.8 Å². The quantitative estimate of drug-likeness (QED) is 0.894. The fourth-order valence-electron chi connectivity index (χ4n) is 2.60. The van der Waals surface area contributed by atoms with Crippen LogP contribution in [0.15, 0.2) is 35.3 Å². The molecule has 1 unspecified atom stereocenters. The second-order valence-corrected chi connectivity index (χ2v) is 6.57. The standard InChI is InChI=1S/C16H19N3O2S/c20-14(17-9-7-12-5-2-1-3-6-12)11-13-15(21)19-10-4-8-18-16(19)22-13/h1-3,5-6,13H,4,7-11H2,(H,17,20). The van der Waals surface area contributed by atoms with Crippen molar-refractivity contribution < 1.29 is 9.59 Å². The van der Waals surface area contributed by atoms with Gasteiger partial charge in [0.25, 0.3) is 0 Å². The zero-order valence-electron chi connectivity index (χ0n) is 12.3.